The van der Waals surface area contributed by atoms with E-state index in [-0.39, 0.29) is 0 Å². The largest absolute Gasteiger partial charge is 0.382 e. The molecule has 3 heteroatoms. The van der Waals surface area contributed by atoms with Crippen molar-refractivity contribution in [2.24, 2.45) is 13.0 Å². The maximum absolute atomic E-state index is 4.23. The summed E-state index contributed by atoms with van der Waals surface area (Å²) in [5, 5.41) is 7.75. The van der Waals surface area contributed by atoms with Crippen molar-refractivity contribution in [1.82, 2.24) is 9.78 Å². The fourth-order valence-corrected chi connectivity index (χ4v) is 2.32. The van der Waals surface area contributed by atoms with E-state index in [2.05, 4.69) is 17.3 Å². The van der Waals surface area contributed by atoms with Gasteiger partial charge in [0.25, 0.3) is 0 Å². The Bertz CT molecular complexity index is 311. The van der Waals surface area contributed by atoms with Gasteiger partial charge in [0.1, 0.15) is 0 Å². The van der Waals surface area contributed by atoms with Crippen molar-refractivity contribution in [3.63, 3.8) is 0 Å². The molecule has 1 aliphatic rings. The fourth-order valence-electron chi connectivity index (χ4n) is 2.32. The Morgan fingerprint density at radius 1 is 1.40 bits per heavy atom. The molecule has 0 aliphatic heterocycles. The standard InChI is InChI=1S/C12H21N3/c1-10-12(9-14-15(10)2)13-8-11-6-4-3-5-7-11/h9,11,13H,3-8H2,1-2H3. The quantitative estimate of drug-likeness (QED) is 0.826. The Balaban J connectivity index is 1.84. The second-order valence-corrected chi connectivity index (χ2v) is 4.65. The number of aryl methyl sites for hydroxylation is 1. The van der Waals surface area contributed by atoms with Crippen LogP contribution in [0.25, 0.3) is 0 Å². The van der Waals surface area contributed by atoms with Crippen molar-refractivity contribution in [1.29, 1.82) is 0 Å². The molecule has 0 radical (unpaired) electrons. The number of hydrogen-bond donors (Lipinski definition) is 1. The summed E-state index contributed by atoms with van der Waals surface area (Å²) in [6.07, 6.45) is 8.98. The third kappa shape index (κ3) is 2.52. The molecule has 0 aromatic carbocycles. The summed E-state index contributed by atoms with van der Waals surface area (Å²) in [6.45, 7) is 3.22. The van der Waals surface area contributed by atoms with Crippen LogP contribution < -0.4 is 5.32 Å². The highest BCUT2D eigenvalue weighted by atomic mass is 15.3. The molecule has 1 heterocycles. The maximum atomic E-state index is 4.23. The summed E-state index contributed by atoms with van der Waals surface area (Å²) >= 11 is 0. The van der Waals surface area contributed by atoms with Crippen LogP contribution in [0, 0.1) is 12.8 Å². The van der Waals surface area contributed by atoms with Gasteiger partial charge in [-0.1, -0.05) is 19.3 Å². The van der Waals surface area contributed by atoms with E-state index in [0.717, 1.165) is 12.5 Å². The van der Waals surface area contributed by atoms with E-state index in [0.29, 0.717) is 0 Å². The number of nitrogens with one attached hydrogen (secondary N) is 1. The zero-order chi connectivity index (χ0) is 10.7. The van der Waals surface area contributed by atoms with Crippen molar-refractivity contribution in [2.45, 2.75) is 39.0 Å². The summed E-state index contributed by atoms with van der Waals surface area (Å²) < 4.78 is 1.92. The second-order valence-electron chi connectivity index (χ2n) is 4.65. The second kappa shape index (κ2) is 4.69. The summed E-state index contributed by atoms with van der Waals surface area (Å²) in [5.41, 5.74) is 2.42. The first kappa shape index (κ1) is 10.5. The first-order valence-corrected chi connectivity index (χ1v) is 6.00. The predicted octanol–water partition coefficient (Wildman–Crippen LogP) is 2.72. The molecule has 1 fully saturated rings. The summed E-state index contributed by atoms with van der Waals surface area (Å²) in [7, 11) is 1.99. The topological polar surface area (TPSA) is 29.9 Å². The number of hydrogen-bond acceptors (Lipinski definition) is 2. The molecule has 0 atom stereocenters. The number of nitrogens with zero attached hydrogens (tertiary/aromatic N) is 2. The lowest BCUT2D eigenvalue weighted by Gasteiger charge is -2.22. The molecule has 3 nitrogen and oxygen atoms in total. The van der Waals surface area contributed by atoms with Crippen LogP contribution in [0.4, 0.5) is 5.69 Å². The maximum Gasteiger partial charge on any atom is 0.0756 e. The van der Waals surface area contributed by atoms with Gasteiger partial charge in [-0.25, -0.2) is 0 Å². The minimum Gasteiger partial charge on any atom is -0.382 e. The zero-order valence-electron chi connectivity index (χ0n) is 9.79. The van der Waals surface area contributed by atoms with E-state index in [1.807, 2.05) is 17.9 Å². The lowest BCUT2D eigenvalue weighted by Crippen LogP contribution is -2.17. The highest BCUT2D eigenvalue weighted by Gasteiger charge is 2.13. The fraction of sp³-hybridized carbons (Fsp3) is 0.750. The van der Waals surface area contributed by atoms with Crippen molar-refractivity contribution >= 4 is 5.69 Å². The van der Waals surface area contributed by atoms with Crippen molar-refractivity contribution in [3.05, 3.63) is 11.9 Å². The van der Waals surface area contributed by atoms with Gasteiger partial charge in [0, 0.05) is 13.6 Å². The van der Waals surface area contributed by atoms with Gasteiger partial charge in [-0.3, -0.25) is 4.68 Å². The van der Waals surface area contributed by atoms with Gasteiger partial charge in [0.05, 0.1) is 17.6 Å². The van der Waals surface area contributed by atoms with E-state index < -0.39 is 0 Å². The van der Waals surface area contributed by atoms with Crippen LogP contribution in [0.3, 0.4) is 0 Å². The smallest absolute Gasteiger partial charge is 0.0756 e. The van der Waals surface area contributed by atoms with E-state index in [4.69, 9.17) is 0 Å². The molecule has 0 bridgehead atoms. The van der Waals surface area contributed by atoms with Crippen LogP contribution in [0.1, 0.15) is 37.8 Å². The molecule has 84 valence electrons. The van der Waals surface area contributed by atoms with Crippen LogP contribution in [0.15, 0.2) is 6.20 Å². The molecule has 0 spiro atoms. The van der Waals surface area contributed by atoms with E-state index in [9.17, 15) is 0 Å². The Hall–Kier alpha value is -0.990. The van der Waals surface area contributed by atoms with Crippen LogP contribution in [-0.2, 0) is 7.05 Å². The normalized spacial score (nSPS) is 18.0. The molecular formula is C12H21N3. The molecule has 1 aromatic rings. The third-order valence-electron chi connectivity index (χ3n) is 3.54. The van der Waals surface area contributed by atoms with Gasteiger partial charge in [-0.05, 0) is 25.7 Å². The monoisotopic (exact) mass is 207 g/mol. The average molecular weight is 207 g/mol. The van der Waals surface area contributed by atoms with Crippen molar-refractivity contribution in [3.8, 4) is 0 Å². The first-order valence-electron chi connectivity index (χ1n) is 6.00. The molecular weight excluding hydrogens is 186 g/mol. The SMILES string of the molecule is Cc1c(NCC2CCCCC2)cnn1C. The Morgan fingerprint density at radius 2 is 2.13 bits per heavy atom. The highest BCUT2D eigenvalue weighted by molar-refractivity contribution is 5.45. The molecule has 15 heavy (non-hydrogen) atoms. The van der Waals surface area contributed by atoms with Gasteiger partial charge < -0.3 is 5.32 Å². The van der Waals surface area contributed by atoms with Gasteiger partial charge in [-0.2, -0.15) is 5.10 Å². The molecule has 1 N–H and O–H groups in total. The Labute approximate surface area is 91.9 Å². The minimum atomic E-state index is 0.873. The summed E-state index contributed by atoms with van der Waals surface area (Å²) in [5.74, 6) is 0.873. The lowest BCUT2D eigenvalue weighted by molar-refractivity contribution is 0.373. The van der Waals surface area contributed by atoms with Crippen molar-refractivity contribution < 1.29 is 0 Å². The summed E-state index contributed by atoms with van der Waals surface area (Å²) in [6, 6.07) is 0. The molecule has 1 aromatic heterocycles. The first-order chi connectivity index (χ1) is 7.27. The zero-order valence-corrected chi connectivity index (χ0v) is 9.79. The predicted molar refractivity (Wildman–Crippen MR) is 63.0 cm³/mol. The Morgan fingerprint density at radius 3 is 2.73 bits per heavy atom. The lowest BCUT2D eigenvalue weighted by atomic mass is 9.89. The summed E-state index contributed by atoms with van der Waals surface area (Å²) in [4.78, 5) is 0. The van der Waals surface area contributed by atoms with Crippen LogP contribution in [0.5, 0.6) is 0 Å². The van der Waals surface area contributed by atoms with E-state index >= 15 is 0 Å². The number of aromatic nitrogens is 2. The van der Waals surface area contributed by atoms with Gasteiger partial charge in [0.2, 0.25) is 0 Å². The van der Waals surface area contributed by atoms with Crippen LogP contribution in [0.2, 0.25) is 0 Å². The van der Waals surface area contributed by atoms with E-state index in [1.165, 1.54) is 43.5 Å². The number of rotatable bonds is 3. The van der Waals surface area contributed by atoms with Crippen molar-refractivity contribution in [2.75, 3.05) is 11.9 Å². The number of anilines is 1. The Kier molecular flexibility index (Phi) is 3.29. The van der Waals surface area contributed by atoms with Gasteiger partial charge >= 0.3 is 0 Å². The average Bonchev–Trinajstić information content (AvgIpc) is 2.59. The molecule has 0 unspecified atom stereocenters. The van der Waals surface area contributed by atoms with Crippen LogP contribution in [-0.4, -0.2) is 16.3 Å². The molecule has 0 saturated heterocycles. The van der Waals surface area contributed by atoms with Gasteiger partial charge in [0.15, 0.2) is 0 Å². The molecule has 0 amide bonds. The minimum absolute atomic E-state index is 0.873. The molecule has 1 saturated carbocycles. The molecule has 1 aliphatic carbocycles. The van der Waals surface area contributed by atoms with Gasteiger partial charge in [-0.15, -0.1) is 0 Å². The third-order valence-corrected chi connectivity index (χ3v) is 3.54. The van der Waals surface area contributed by atoms with Crippen LogP contribution >= 0.6 is 0 Å². The highest BCUT2D eigenvalue weighted by Crippen LogP contribution is 2.24. The van der Waals surface area contributed by atoms with E-state index in [1.54, 1.807) is 0 Å². The molecule has 2 rings (SSSR count).